The summed E-state index contributed by atoms with van der Waals surface area (Å²) < 4.78 is 0. The van der Waals surface area contributed by atoms with Crippen LogP contribution < -0.4 is 15.5 Å². The number of anilines is 2. The van der Waals surface area contributed by atoms with E-state index in [0.717, 1.165) is 39.4 Å². The maximum atomic E-state index is 12.2. The lowest BCUT2D eigenvalue weighted by Crippen LogP contribution is -2.28. The molecule has 4 aromatic rings. The molecule has 9 nitrogen and oxygen atoms in total. The fraction of sp³-hybridized carbons (Fsp3) is 0.321. The number of carbonyl (C=O) groups is 1. The summed E-state index contributed by atoms with van der Waals surface area (Å²) in [5, 5.41) is 16.9. The summed E-state index contributed by atoms with van der Waals surface area (Å²) in [5.74, 6) is 1.43. The Morgan fingerprint density at radius 3 is 2.65 bits per heavy atom. The lowest BCUT2D eigenvalue weighted by molar-refractivity contribution is 0.0733. The van der Waals surface area contributed by atoms with E-state index in [0.29, 0.717) is 31.5 Å². The van der Waals surface area contributed by atoms with Crippen LogP contribution in [0.2, 0.25) is 0 Å². The van der Waals surface area contributed by atoms with Gasteiger partial charge in [0.15, 0.2) is 0 Å². The van der Waals surface area contributed by atoms with Crippen molar-refractivity contribution in [1.82, 2.24) is 25.3 Å². The third kappa shape index (κ3) is 6.56. The standard InChI is InChI=1S/C28H33N7O2/c1-28(2,37)12-15-35(4)25-9-8-20(17-32-25)23-16-24(34-18-33-23)30-13-10-19-6-5-7-21-22(27(36)29-3)11-14-31-26(19)21/h5-9,11,14,16-18,37H,10,12-13,15H2,1-4H3,(H,29,36)(H,30,33,34). The molecule has 3 N–H and O–H groups in total. The molecule has 0 atom stereocenters. The summed E-state index contributed by atoms with van der Waals surface area (Å²) in [5.41, 5.74) is 3.46. The second-order valence-electron chi connectivity index (χ2n) is 9.61. The first-order valence-corrected chi connectivity index (χ1v) is 12.3. The van der Waals surface area contributed by atoms with Gasteiger partial charge in [-0.05, 0) is 50.5 Å². The topological polar surface area (TPSA) is 116 Å². The summed E-state index contributed by atoms with van der Waals surface area (Å²) in [4.78, 5) is 32.1. The van der Waals surface area contributed by atoms with Gasteiger partial charge in [0.2, 0.25) is 0 Å². The van der Waals surface area contributed by atoms with Crippen LogP contribution in [0.15, 0.2) is 61.2 Å². The summed E-state index contributed by atoms with van der Waals surface area (Å²) in [7, 11) is 3.59. The Labute approximate surface area is 217 Å². The molecule has 0 fully saturated rings. The number of nitrogens with one attached hydrogen (secondary N) is 2. The van der Waals surface area contributed by atoms with E-state index in [-0.39, 0.29) is 5.91 Å². The molecule has 0 bridgehead atoms. The number of benzene rings is 1. The highest BCUT2D eigenvalue weighted by molar-refractivity contribution is 6.06. The lowest BCUT2D eigenvalue weighted by atomic mass is 10.0. The van der Waals surface area contributed by atoms with Crippen LogP contribution in [-0.4, -0.2) is 63.7 Å². The van der Waals surface area contributed by atoms with Crippen LogP contribution in [-0.2, 0) is 6.42 Å². The summed E-state index contributed by atoms with van der Waals surface area (Å²) in [6.07, 6.45) is 6.38. The summed E-state index contributed by atoms with van der Waals surface area (Å²) in [6, 6.07) is 13.5. The molecule has 4 rings (SSSR count). The minimum Gasteiger partial charge on any atom is -0.390 e. The number of hydrogen-bond acceptors (Lipinski definition) is 8. The molecule has 0 saturated heterocycles. The van der Waals surface area contributed by atoms with Crippen molar-refractivity contribution in [2.45, 2.75) is 32.3 Å². The Balaban J connectivity index is 1.41. The third-order valence-electron chi connectivity index (χ3n) is 6.19. The molecule has 0 saturated carbocycles. The van der Waals surface area contributed by atoms with Crippen LogP contribution in [0.4, 0.5) is 11.6 Å². The monoisotopic (exact) mass is 499 g/mol. The van der Waals surface area contributed by atoms with E-state index in [4.69, 9.17) is 0 Å². The number of fused-ring (bicyclic) bond motifs is 1. The van der Waals surface area contributed by atoms with Gasteiger partial charge in [-0.25, -0.2) is 15.0 Å². The molecular weight excluding hydrogens is 466 g/mol. The highest BCUT2D eigenvalue weighted by Crippen LogP contribution is 2.23. The quantitative estimate of drug-likeness (QED) is 0.303. The van der Waals surface area contributed by atoms with Crippen molar-refractivity contribution < 1.29 is 9.90 Å². The number of hydrogen-bond donors (Lipinski definition) is 3. The van der Waals surface area contributed by atoms with Crippen LogP contribution in [0.5, 0.6) is 0 Å². The smallest absolute Gasteiger partial charge is 0.251 e. The van der Waals surface area contributed by atoms with Gasteiger partial charge in [-0.1, -0.05) is 18.2 Å². The maximum Gasteiger partial charge on any atom is 0.251 e. The van der Waals surface area contributed by atoms with Crippen molar-refractivity contribution in [3.05, 3.63) is 72.3 Å². The van der Waals surface area contributed by atoms with Gasteiger partial charge in [-0.2, -0.15) is 0 Å². The minimum atomic E-state index is -0.711. The SMILES string of the molecule is CNC(=O)c1ccnc2c(CCNc3cc(-c4ccc(N(C)CCC(C)(C)O)nc4)ncn3)cccc12. The van der Waals surface area contributed by atoms with E-state index in [9.17, 15) is 9.90 Å². The zero-order valence-electron chi connectivity index (χ0n) is 21.7. The molecule has 3 aromatic heterocycles. The molecule has 0 radical (unpaired) electrons. The first kappa shape index (κ1) is 26.0. The van der Waals surface area contributed by atoms with Crippen molar-refractivity contribution >= 4 is 28.4 Å². The van der Waals surface area contributed by atoms with Crippen molar-refractivity contribution in [3.63, 3.8) is 0 Å². The zero-order chi connectivity index (χ0) is 26.4. The van der Waals surface area contributed by atoms with Gasteiger partial charge in [-0.3, -0.25) is 9.78 Å². The van der Waals surface area contributed by atoms with E-state index in [1.165, 1.54) is 6.33 Å². The van der Waals surface area contributed by atoms with Crippen molar-refractivity contribution in [1.29, 1.82) is 0 Å². The number of aliphatic hydroxyl groups is 1. The summed E-state index contributed by atoms with van der Waals surface area (Å²) >= 11 is 0. The van der Waals surface area contributed by atoms with E-state index in [1.807, 2.05) is 48.3 Å². The largest absolute Gasteiger partial charge is 0.390 e. The average Bonchev–Trinajstić information content (AvgIpc) is 2.91. The van der Waals surface area contributed by atoms with Crippen LogP contribution in [0, 0.1) is 0 Å². The van der Waals surface area contributed by atoms with Crippen LogP contribution >= 0.6 is 0 Å². The average molecular weight is 500 g/mol. The maximum absolute atomic E-state index is 12.2. The number of nitrogens with zero attached hydrogens (tertiary/aromatic N) is 5. The third-order valence-corrected chi connectivity index (χ3v) is 6.19. The van der Waals surface area contributed by atoms with Gasteiger partial charge in [0.05, 0.1) is 22.4 Å². The molecule has 37 heavy (non-hydrogen) atoms. The first-order chi connectivity index (χ1) is 17.7. The molecular formula is C28H33N7O2. The molecule has 0 spiro atoms. The fourth-order valence-corrected chi connectivity index (χ4v) is 4.03. The second kappa shape index (κ2) is 11.3. The molecule has 3 heterocycles. The van der Waals surface area contributed by atoms with E-state index < -0.39 is 5.60 Å². The Kier molecular flexibility index (Phi) is 7.93. The van der Waals surface area contributed by atoms with Crippen molar-refractivity contribution in [2.24, 2.45) is 0 Å². The number of aromatic nitrogens is 4. The number of carbonyl (C=O) groups excluding carboxylic acids is 1. The van der Waals surface area contributed by atoms with Gasteiger partial charge in [0, 0.05) is 56.6 Å². The molecule has 0 aliphatic heterocycles. The molecule has 0 unspecified atom stereocenters. The number of rotatable bonds is 10. The Bertz CT molecular complexity index is 1370. The molecule has 9 heteroatoms. The fourth-order valence-electron chi connectivity index (χ4n) is 4.03. The van der Waals surface area contributed by atoms with Gasteiger partial charge in [0.1, 0.15) is 18.0 Å². The second-order valence-corrected chi connectivity index (χ2v) is 9.61. The van der Waals surface area contributed by atoms with Gasteiger partial charge >= 0.3 is 0 Å². The molecule has 0 aliphatic rings. The molecule has 1 aromatic carbocycles. The Hall–Kier alpha value is -4.11. The Morgan fingerprint density at radius 2 is 1.92 bits per heavy atom. The highest BCUT2D eigenvalue weighted by atomic mass is 16.3. The number of amides is 1. The van der Waals surface area contributed by atoms with Crippen molar-refractivity contribution in [3.8, 4) is 11.3 Å². The highest BCUT2D eigenvalue weighted by Gasteiger charge is 2.15. The normalized spacial score (nSPS) is 11.4. The zero-order valence-corrected chi connectivity index (χ0v) is 21.7. The number of para-hydroxylation sites is 1. The number of pyridine rings is 2. The van der Waals surface area contributed by atoms with Gasteiger partial charge < -0.3 is 20.6 Å². The van der Waals surface area contributed by atoms with Crippen LogP contribution in [0.1, 0.15) is 36.2 Å². The lowest BCUT2D eigenvalue weighted by Gasteiger charge is -2.23. The van der Waals surface area contributed by atoms with E-state index >= 15 is 0 Å². The Morgan fingerprint density at radius 1 is 1.08 bits per heavy atom. The van der Waals surface area contributed by atoms with Crippen LogP contribution in [0.3, 0.4) is 0 Å². The van der Waals surface area contributed by atoms with E-state index in [1.54, 1.807) is 39.4 Å². The minimum absolute atomic E-state index is 0.125. The van der Waals surface area contributed by atoms with Crippen LogP contribution in [0.25, 0.3) is 22.2 Å². The molecule has 1 amide bonds. The van der Waals surface area contributed by atoms with Gasteiger partial charge in [-0.15, -0.1) is 0 Å². The van der Waals surface area contributed by atoms with Gasteiger partial charge in [0.25, 0.3) is 5.91 Å². The summed E-state index contributed by atoms with van der Waals surface area (Å²) in [6.45, 7) is 4.96. The molecule has 192 valence electrons. The predicted molar refractivity (Wildman–Crippen MR) is 147 cm³/mol. The van der Waals surface area contributed by atoms with Crippen molar-refractivity contribution in [2.75, 3.05) is 37.4 Å². The van der Waals surface area contributed by atoms with E-state index in [2.05, 4.69) is 30.6 Å². The molecule has 0 aliphatic carbocycles. The first-order valence-electron chi connectivity index (χ1n) is 12.3. The predicted octanol–water partition coefficient (Wildman–Crippen LogP) is 3.70.